The average molecular weight is 389 g/mol. The van der Waals surface area contributed by atoms with E-state index in [1.165, 1.54) is 35.1 Å². The van der Waals surface area contributed by atoms with Gasteiger partial charge in [0.25, 0.3) is 0 Å². The molecule has 150 valence electrons. The van der Waals surface area contributed by atoms with Gasteiger partial charge in [0.1, 0.15) is 0 Å². The molecule has 1 aromatic heterocycles. The van der Waals surface area contributed by atoms with E-state index >= 15 is 0 Å². The van der Waals surface area contributed by atoms with Crippen LogP contribution in [0, 0.1) is 27.7 Å². The van der Waals surface area contributed by atoms with Crippen molar-refractivity contribution in [3.8, 4) is 0 Å². The van der Waals surface area contributed by atoms with Gasteiger partial charge in [-0.1, -0.05) is 12.1 Å². The van der Waals surface area contributed by atoms with Gasteiger partial charge in [-0.2, -0.15) is 15.0 Å². The Labute approximate surface area is 172 Å². The Balaban J connectivity index is 1.67. The Morgan fingerprint density at radius 1 is 0.690 bits per heavy atom. The van der Waals surface area contributed by atoms with E-state index in [4.69, 9.17) is 9.97 Å². The molecule has 0 radical (unpaired) electrons. The van der Waals surface area contributed by atoms with Gasteiger partial charge in [-0.25, -0.2) is 0 Å². The lowest BCUT2D eigenvalue weighted by Crippen LogP contribution is -2.21. The zero-order valence-electron chi connectivity index (χ0n) is 17.6. The van der Waals surface area contributed by atoms with Crippen LogP contribution in [-0.4, -0.2) is 28.0 Å². The Bertz CT molecular complexity index is 1000. The van der Waals surface area contributed by atoms with Crippen LogP contribution in [0.25, 0.3) is 0 Å². The van der Waals surface area contributed by atoms with E-state index in [-0.39, 0.29) is 0 Å². The minimum Gasteiger partial charge on any atom is -0.341 e. The highest BCUT2D eigenvalue weighted by Gasteiger charge is 2.18. The molecule has 0 aliphatic carbocycles. The van der Waals surface area contributed by atoms with Gasteiger partial charge in [0.2, 0.25) is 17.8 Å². The number of aromatic nitrogens is 3. The van der Waals surface area contributed by atoms with Gasteiger partial charge >= 0.3 is 0 Å². The van der Waals surface area contributed by atoms with Crippen molar-refractivity contribution in [2.24, 2.45) is 0 Å². The van der Waals surface area contributed by atoms with Crippen molar-refractivity contribution < 1.29 is 0 Å². The summed E-state index contributed by atoms with van der Waals surface area (Å²) in [7, 11) is 0. The van der Waals surface area contributed by atoms with Gasteiger partial charge in [0.15, 0.2) is 0 Å². The lowest BCUT2D eigenvalue weighted by atomic mass is 10.1. The van der Waals surface area contributed by atoms with Crippen LogP contribution >= 0.6 is 0 Å². The van der Waals surface area contributed by atoms with E-state index in [1.54, 1.807) is 0 Å². The molecule has 1 aliphatic heterocycles. The zero-order valence-corrected chi connectivity index (χ0v) is 17.6. The van der Waals surface area contributed by atoms with Crippen LogP contribution in [0.4, 0.5) is 29.2 Å². The van der Waals surface area contributed by atoms with Gasteiger partial charge in [-0.3, -0.25) is 0 Å². The van der Waals surface area contributed by atoms with Crippen molar-refractivity contribution in [3.05, 3.63) is 58.7 Å². The van der Waals surface area contributed by atoms with Gasteiger partial charge < -0.3 is 15.5 Å². The van der Waals surface area contributed by atoms with Crippen LogP contribution < -0.4 is 15.5 Å². The summed E-state index contributed by atoms with van der Waals surface area (Å²) in [5.74, 6) is 1.82. The quantitative estimate of drug-likeness (QED) is 0.627. The number of rotatable bonds is 5. The Hall–Kier alpha value is -3.15. The van der Waals surface area contributed by atoms with E-state index in [0.717, 1.165) is 30.4 Å². The molecule has 2 N–H and O–H groups in total. The monoisotopic (exact) mass is 388 g/mol. The molecule has 6 nitrogen and oxygen atoms in total. The molecule has 0 unspecified atom stereocenters. The second-order valence-electron chi connectivity index (χ2n) is 7.90. The minimum absolute atomic E-state index is 0.553. The molecule has 2 aromatic carbocycles. The molecule has 6 heteroatoms. The Morgan fingerprint density at radius 3 is 1.93 bits per heavy atom. The highest BCUT2D eigenvalue weighted by Crippen LogP contribution is 2.24. The third-order valence-electron chi connectivity index (χ3n) is 5.25. The van der Waals surface area contributed by atoms with E-state index in [0.29, 0.717) is 11.9 Å². The first-order chi connectivity index (χ1) is 14.0. The fraction of sp³-hybridized carbons (Fsp3) is 0.348. The van der Waals surface area contributed by atoms with Crippen molar-refractivity contribution in [3.63, 3.8) is 0 Å². The van der Waals surface area contributed by atoms with Gasteiger partial charge in [-0.15, -0.1) is 0 Å². The first-order valence-electron chi connectivity index (χ1n) is 10.2. The number of hydrogen-bond donors (Lipinski definition) is 2. The van der Waals surface area contributed by atoms with Crippen molar-refractivity contribution in [2.45, 2.75) is 40.5 Å². The summed E-state index contributed by atoms with van der Waals surface area (Å²) < 4.78 is 0. The minimum atomic E-state index is 0.553. The summed E-state index contributed by atoms with van der Waals surface area (Å²) in [5.41, 5.74) is 6.87. The molecule has 1 saturated heterocycles. The summed E-state index contributed by atoms with van der Waals surface area (Å²) in [6, 6.07) is 12.6. The third-order valence-corrected chi connectivity index (χ3v) is 5.25. The summed E-state index contributed by atoms with van der Waals surface area (Å²) >= 11 is 0. The fourth-order valence-corrected chi connectivity index (χ4v) is 3.66. The predicted octanol–water partition coefficient (Wildman–Crippen LogP) is 5.19. The van der Waals surface area contributed by atoms with Gasteiger partial charge in [0.05, 0.1) is 0 Å². The summed E-state index contributed by atoms with van der Waals surface area (Å²) in [6.07, 6.45) is 2.34. The predicted molar refractivity (Wildman–Crippen MR) is 120 cm³/mol. The van der Waals surface area contributed by atoms with Crippen LogP contribution in [0.1, 0.15) is 35.1 Å². The number of nitrogens with zero attached hydrogens (tertiary/aromatic N) is 4. The maximum Gasteiger partial charge on any atom is 0.233 e. The highest BCUT2D eigenvalue weighted by molar-refractivity contribution is 5.61. The SMILES string of the molecule is Cc1cc(C)cc(Nc2nc(Nc3ccc(C)c(C)c3)nc(N3CCCC3)n2)c1. The highest BCUT2D eigenvalue weighted by atomic mass is 15.3. The van der Waals surface area contributed by atoms with E-state index < -0.39 is 0 Å². The standard InChI is InChI=1S/C23H28N6/c1-15-11-16(2)13-20(12-15)25-22-26-21(24-19-8-7-17(3)18(4)14-19)27-23(28-22)29-9-5-6-10-29/h7-8,11-14H,5-6,9-10H2,1-4H3,(H2,24,25,26,27,28). The van der Waals surface area contributed by atoms with Crippen molar-refractivity contribution in [1.29, 1.82) is 0 Å². The van der Waals surface area contributed by atoms with Gasteiger partial charge in [0, 0.05) is 24.5 Å². The van der Waals surface area contributed by atoms with Gasteiger partial charge in [-0.05, 0) is 87.1 Å². The maximum absolute atomic E-state index is 4.70. The maximum atomic E-state index is 4.70. The van der Waals surface area contributed by atoms with E-state index in [1.807, 2.05) is 0 Å². The fourth-order valence-electron chi connectivity index (χ4n) is 3.66. The van der Waals surface area contributed by atoms with Crippen molar-refractivity contribution in [1.82, 2.24) is 15.0 Å². The second-order valence-corrected chi connectivity index (χ2v) is 7.90. The molecule has 1 aliphatic rings. The number of anilines is 5. The van der Waals surface area contributed by atoms with Crippen LogP contribution in [0.2, 0.25) is 0 Å². The first-order valence-corrected chi connectivity index (χ1v) is 10.2. The average Bonchev–Trinajstić information content (AvgIpc) is 3.18. The molecule has 29 heavy (non-hydrogen) atoms. The zero-order chi connectivity index (χ0) is 20.4. The molecule has 1 fully saturated rings. The molecule has 0 saturated carbocycles. The number of hydrogen-bond acceptors (Lipinski definition) is 6. The van der Waals surface area contributed by atoms with Crippen LogP contribution in [0.5, 0.6) is 0 Å². The topological polar surface area (TPSA) is 66.0 Å². The number of nitrogens with one attached hydrogen (secondary N) is 2. The number of aryl methyl sites for hydroxylation is 4. The van der Waals surface area contributed by atoms with E-state index in [2.05, 4.69) is 84.6 Å². The molecule has 0 atom stereocenters. The second kappa shape index (κ2) is 8.07. The third kappa shape index (κ3) is 4.65. The molecule has 2 heterocycles. The Morgan fingerprint density at radius 2 is 1.31 bits per heavy atom. The van der Waals surface area contributed by atoms with E-state index in [9.17, 15) is 0 Å². The molecular formula is C23H28N6. The molecular weight excluding hydrogens is 360 g/mol. The van der Waals surface area contributed by atoms with Crippen LogP contribution in [0.3, 0.4) is 0 Å². The summed E-state index contributed by atoms with van der Waals surface area (Å²) in [4.78, 5) is 16.2. The first kappa shape index (κ1) is 19.2. The summed E-state index contributed by atoms with van der Waals surface area (Å²) in [5, 5.41) is 6.72. The van der Waals surface area contributed by atoms with Crippen molar-refractivity contribution in [2.75, 3.05) is 28.6 Å². The van der Waals surface area contributed by atoms with Crippen LogP contribution in [-0.2, 0) is 0 Å². The molecule has 3 aromatic rings. The van der Waals surface area contributed by atoms with Crippen LogP contribution in [0.15, 0.2) is 36.4 Å². The lowest BCUT2D eigenvalue weighted by Gasteiger charge is -2.17. The Kier molecular flexibility index (Phi) is 5.34. The van der Waals surface area contributed by atoms with Crippen molar-refractivity contribution >= 4 is 29.2 Å². The molecule has 0 bridgehead atoms. The molecule has 0 amide bonds. The smallest absolute Gasteiger partial charge is 0.233 e. The lowest BCUT2D eigenvalue weighted by molar-refractivity contribution is 0.886. The number of benzene rings is 2. The normalized spacial score (nSPS) is 13.6. The summed E-state index contributed by atoms with van der Waals surface area (Å²) in [6.45, 7) is 10.4. The largest absolute Gasteiger partial charge is 0.341 e. The molecule has 0 spiro atoms. The molecule has 4 rings (SSSR count).